The van der Waals surface area contributed by atoms with E-state index in [1.54, 1.807) is 6.92 Å². The van der Waals surface area contributed by atoms with Gasteiger partial charge in [-0.25, -0.2) is 18.4 Å². The molecule has 0 aliphatic rings. The van der Waals surface area contributed by atoms with E-state index in [4.69, 9.17) is 9.56 Å². The number of nitrogens with zero attached hydrogens (tertiary/aromatic N) is 1. The van der Waals surface area contributed by atoms with Crippen molar-refractivity contribution in [1.82, 2.24) is 4.57 Å². The first-order valence-corrected chi connectivity index (χ1v) is 7.14. The molecule has 0 aromatic carbocycles. The molecule has 2 aromatic heterocycles. The van der Waals surface area contributed by atoms with E-state index >= 15 is 0 Å². The molecule has 0 unspecified atom stereocenters. The van der Waals surface area contributed by atoms with Gasteiger partial charge in [-0.2, -0.15) is 0 Å². The molecule has 0 amide bonds. The predicted molar refractivity (Wildman–Crippen MR) is 69.5 cm³/mol. The number of sulfonamides is 1. The monoisotopic (exact) mass is 284 g/mol. The van der Waals surface area contributed by atoms with Gasteiger partial charge in [-0.1, -0.05) is 0 Å². The fourth-order valence-corrected chi connectivity index (χ4v) is 2.25. The number of hydrogen-bond acceptors (Lipinski definition) is 5. The summed E-state index contributed by atoms with van der Waals surface area (Å²) >= 11 is 0. The summed E-state index contributed by atoms with van der Waals surface area (Å²) in [5, 5.41) is 5.15. The molecule has 2 N–H and O–H groups in total. The summed E-state index contributed by atoms with van der Waals surface area (Å²) in [7, 11) is -3.64. The van der Waals surface area contributed by atoms with Crippen molar-refractivity contribution in [3.8, 4) is 0 Å². The van der Waals surface area contributed by atoms with Crippen LogP contribution in [-0.2, 0) is 16.6 Å². The standard InChI is InChI=1S/C11H12N2O5S/c1-7-6-9(14)18-8-2-3-13(11(15)10(7)8)4-5-19(12,16)17/h2-3,6H,4-5H2,1H3,(H2,12,16,17). The molecule has 8 heteroatoms. The van der Waals surface area contributed by atoms with Crippen LogP contribution in [0.2, 0.25) is 0 Å². The van der Waals surface area contributed by atoms with Gasteiger partial charge >= 0.3 is 5.63 Å². The lowest BCUT2D eigenvalue weighted by Crippen LogP contribution is -2.27. The second-order valence-corrected chi connectivity index (χ2v) is 5.90. The third-order valence-electron chi connectivity index (χ3n) is 2.68. The van der Waals surface area contributed by atoms with Gasteiger partial charge in [0, 0.05) is 18.8 Å². The van der Waals surface area contributed by atoms with Gasteiger partial charge in [0.2, 0.25) is 10.0 Å². The maximum Gasteiger partial charge on any atom is 0.336 e. The Balaban J connectivity index is 2.58. The number of nitrogens with two attached hydrogens (primary N) is 1. The van der Waals surface area contributed by atoms with E-state index in [1.807, 2.05) is 0 Å². The van der Waals surface area contributed by atoms with E-state index in [2.05, 4.69) is 0 Å². The van der Waals surface area contributed by atoms with Gasteiger partial charge < -0.3 is 8.98 Å². The topological polar surface area (TPSA) is 112 Å². The molecule has 19 heavy (non-hydrogen) atoms. The van der Waals surface area contributed by atoms with Crippen LogP contribution >= 0.6 is 0 Å². The highest BCUT2D eigenvalue weighted by molar-refractivity contribution is 7.89. The Labute approximate surface area is 108 Å². The summed E-state index contributed by atoms with van der Waals surface area (Å²) in [5.74, 6) is -0.339. The number of pyridine rings is 1. The number of fused-ring (bicyclic) bond motifs is 1. The SMILES string of the molecule is Cc1cc(=O)oc2ccn(CCS(N)(=O)=O)c(=O)c12. The lowest BCUT2D eigenvalue weighted by Gasteiger charge is -2.06. The van der Waals surface area contributed by atoms with Crippen molar-refractivity contribution >= 4 is 21.0 Å². The maximum atomic E-state index is 12.1. The quantitative estimate of drug-likeness (QED) is 0.820. The summed E-state index contributed by atoms with van der Waals surface area (Å²) < 4.78 is 27.9. The molecule has 0 bridgehead atoms. The number of primary sulfonamides is 1. The molecular formula is C11H12N2O5S. The molecule has 2 heterocycles. The Morgan fingerprint density at radius 1 is 1.37 bits per heavy atom. The molecule has 0 aliphatic heterocycles. The van der Waals surface area contributed by atoms with E-state index in [0.29, 0.717) is 5.56 Å². The zero-order valence-corrected chi connectivity index (χ0v) is 10.9. The largest absolute Gasteiger partial charge is 0.422 e. The molecular weight excluding hydrogens is 272 g/mol. The molecule has 2 rings (SSSR count). The Kier molecular flexibility index (Phi) is 3.29. The molecule has 0 saturated heterocycles. The summed E-state index contributed by atoms with van der Waals surface area (Å²) in [6, 6.07) is 2.67. The molecule has 0 radical (unpaired) electrons. The highest BCUT2D eigenvalue weighted by Gasteiger charge is 2.10. The maximum absolute atomic E-state index is 12.1. The number of rotatable bonds is 3. The molecule has 0 fully saturated rings. The smallest absolute Gasteiger partial charge is 0.336 e. The number of hydrogen-bond donors (Lipinski definition) is 1. The first-order chi connectivity index (χ1) is 8.78. The van der Waals surface area contributed by atoms with E-state index in [9.17, 15) is 18.0 Å². The minimum absolute atomic E-state index is 0.0494. The van der Waals surface area contributed by atoms with E-state index in [1.165, 1.54) is 22.9 Å². The average Bonchev–Trinajstić information content (AvgIpc) is 2.25. The summed E-state index contributed by atoms with van der Waals surface area (Å²) in [4.78, 5) is 23.3. The second-order valence-electron chi connectivity index (χ2n) is 4.17. The molecule has 0 aliphatic carbocycles. The van der Waals surface area contributed by atoms with Gasteiger partial charge in [0.15, 0.2) is 0 Å². The van der Waals surface area contributed by atoms with Crippen LogP contribution in [0.15, 0.2) is 32.3 Å². The normalized spacial score (nSPS) is 11.9. The van der Waals surface area contributed by atoms with Crippen molar-refractivity contribution in [1.29, 1.82) is 0 Å². The zero-order chi connectivity index (χ0) is 14.2. The van der Waals surface area contributed by atoms with Crippen LogP contribution in [-0.4, -0.2) is 18.7 Å². The van der Waals surface area contributed by atoms with Gasteiger partial charge in [-0.3, -0.25) is 4.79 Å². The first kappa shape index (κ1) is 13.5. The van der Waals surface area contributed by atoms with Crippen LogP contribution in [0.25, 0.3) is 11.0 Å². The Morgan fingerprint density at radius 2 is 2.05 bits per heavy atom. The van der Waals surface area contributed by atoms with Crippen molar-refractivity contribution in [3.05, 3.63) is 44.7 Å². The average molecular weight is 284 g/mol. The van der Waals surface area contributed by atoms with Crippen LogP contribution in [0.5, 0.6) is 0 Å². The Hall–Kier alpha value is -1.93. The highest BCUT2D eigenvalue weighted by Crippen LogP contribution is 2.10. The van der Waals surface area contributed by atoms with Crippen LogP contribution < -0.4 is 16.3 Å². The Bertz CT molecular complexity index is 847. The van der Waals surface area contributed by atoms with Crippen LogP contribution in [0.4, 0.5) is 0 Å². The predicted octanol–water partition coefficient (Wildman–Crippen LogP) is -0.448. The van der Waals surface area contributed by atoms with E-state index in [0.717, 1.165) is 0 Å². The van der Waals surface area contributed by atoms with Gasteiger partial charge in [0.05, 0.1) is 11.1 Å². The lowest BCUT2D eigenvalue weighted by molar-refractivity contribution is 0.556. The Morgan fingerprint density at radius 3 is 2.68 bits per heavy atom. The summed E-state index contributed by atoms with van der Waals surface area (Å²) in [6.45, 7) is 1.57. The van der Waals surface area contributed by atoms with Crippen molar-refractivity contribution in [2.75, 3.05) is 5.75 Å². The third-order valence-corrected chi connectivity index (χ3v) is 3.43. The van der Waals surface area contributed by atoms with Crippen molar-refractivity contribution in [2.45, 2.75) is 13.5 Å². The van der Waals surface area contributed by atoms with Crippen molar-refractivity contribution in [3.63, 3.8) is 0 Å². The second kappa shape index (κ2) is 4.63. The highest BCUT2D eigenvalue weighted by atomic mass is 32.2. The van der Waals surface area contributed by atoms with Gasteiger partial charge in [0.25, 0.3) is 5.56 Å². The number of aromatic nitrogens is 1. The molecule has 0 spiro atoms. The van der Waals surface area contributed by atoms with E-state index in [-0.39, 0.29) is 23.3 Å². The van der Waals surface area contributed by atoms with E-state index < -0.39 is 21.2 Å². The molecule has 7 nitrogen and oxygen atoms in total. The minimum Gasteiger partial charge on any atom is -0.422 e. The van der Waals surface area contributed by atoms with Crippen molar-refractivity contribution in [2.24, 2.45) is 5.14 Å². The molecule has 2 aromatic rings. The first-order valence-electron chi connectivity index (χ1n) is 5.42. The summed E-state index contributed by atoms with van der Waals surface area (Å²) in [5.41, 5.74) is -0.280. The van der Waals surface area contributed by atoms with Crippen LogP contribution in [0.1, 0.15) is 5.56 Å². The van der Waals surface area contributed by atoms with Crippen molar-refractivity contribution < 1.29 is 12.8 Å². The molecule has 102 valence electrons. The number of aryl methyl sites for hydroxylation is 2. The van der Waals surface area contributed by atoms with Gasteiger partial charge in [-0.15, -0.1) is 0 Å². The fraction of sp³-hybridized carbons (Fsp3) is 0.273. The minimum atomic E-state index is -3.64. The fourth-order valence-electron chi connectivity index (χ4n) is 1.79. The zero-order valence-electron chi connectivity index (χ0n) is 10.1. The lowest BCUT2D eigenvalue weighted by atomic mass is 10.2. The van der Waals surface area contributed by atoms with Gasteiger partial charge in [0.1, 0.15) is 5.58 Å². The molecule has 0 atom stereocenters. The summed E-state index contributed by atoms with van der Waals surface area (Å²) in [6.07, 6.45) is 1.37. The van der Waals surface area contributed by atoms with Gasteiger partial charge in [-0.05, 0) is 18.6 Å². The van der Waals surface area contributed by atoms with Crippen LogP contribution in [0, 0.1) is 6.92 Å². The molecule has 0 saturated carbocycles. The van der Waals surface area contributed by atoms with Crippen LogP contribution in [0.3, 0.4) is 0 Å². The third kappa shape index (κ3) is 2.91.